The average Bonchev–Trinajstić information content (AvgIpc) is 2.72. The number of aromatic nitrogens is 2. The molecule has 1 aromatic heterocycles. The summed E-state index contributed by atoms with van der Waals surface area (Å²) in [6, 6.07) is 0.214. The van der Waals surface area contributed by atoms with E-state index in [2.05, 4.69) is 16.9 Å². The molecule has 1 saturated heterocycles. The second-order valence-electron chi connectivity index (χ2n) is 4.26. The van der Waals surface area contributed by atoms with Gasteiger partial charge in [0.2, 0.25) is 5.15 Å². The fraction of sp³-hybridized carbons (Fsp3) is 0.700. The van der Waals surface area contributed by atoms with Crippen LogP contribution in [0.5, 0.6) is 0 Å². The molecule has 7 nitrogen and oxygen atoms in total. The Kier molecular flexibility index (Phi) is 4.15. The van der Waals surface area contributed by atoms with E-state index in [4.69, 9.17) is 16.3 Å². The van der Waals surface area contributed by atoms with Gasteiger partial charge in [-0.15, -0.1) is 0 Å². The standard InChI is InChI=1S/C10H15ClN4O3/c1-8(13-2-4-18-5-3-13)7-14-10(11)9(6-12-14)15(16)17/h6,8H,2-5,7H2,1H3. The lowest BCUT2D eigenvalue weighted by molar-refractivity contribution is -0.384. The summed E-state index contributed by atoms with van der Waals surface area (Å²) in [6.07, 6.45) is 1.19. The van der Waals surface area contributed by atoms with Crippen LogP contribution < -0.4 is 0 Å². The van der Waals surface area contributed by atoms with E-state index in [-0.39, 0.29) is 16.9 Å². The molecule has 0 N–H and O–H groups in total. The van der Waals surface area contributed by atoms with E-state index in [1.165, 1.54) is 10.9 Å². The molecule has 0 bridgehead atoms. The maximum absolute atomic E-state index is 10.7. The summed E-state index contributed by atoms with van der Waals surface area (Å²) in [6.45, 7) is 5.75. The number of morpholine rings is 1. The Morgan fingerprint density at radius 2 is 2.28 bits per heavy atom. The van der Waals surface area contributed by atoms with E-state index < -0.39 is 4.92 Å². The van der Waals surface area contributed by atoms with Crippen LogP contribution in [0.3, 0.4) is 0 Å². The zero-order valence-electron chi connectivity index (χ0n) is 10.1. The first-order valence-corrected chi connectivity index (χ1v) is 6.15. The molecule has 0 saturated carbocycles. The minimum absolute atomic E-state index is 0.0834. The quantitative estimate of drug-likeness (QED) is 0.609. The zero-order chi connectivity index (χ0) is 13.1. The lowest BCUT2D eigenvalue weighted by Crippen LogP contribution is -2.44. The van der Waals surface area contributed by atoms with Gasteiger partial charge >= 0.3 is 5.69 Å². The van der Waals surface area contributed by atoms with Crippen molar-refractivity contribution in [1.82, 2.24) is 14.7 Å². The Hall–Kier alpha value is -1.18. The molecular formula is C10H15ClN4O3. The van der Waals surface area contributed by atoms with Crippen molar-refractivity contribution in [2.24, 2.45) is 0 Å². The van der Waals surface area contributed by atoms with Gasteiger partial charge < -0.3 is 4.74 Å². The van der Waals surface area contributed by atoms with E-state index in [1.807, 2.05) is 0 Å². The highest BCUT2D eigenvalue weighted by Gasteiger charge is 2.22. The lowest BCUT2D eigenvalue weighted by atomic mass is 10.2. The van der Waals surface area contributed by atoms with Crippen LogP contribution in [-0.4, -0.2) is 51.9 Å². The van der Waals surface area contributed by atoms with Crippen LogP contribution in [0.1, 0.15) is 6.92 Å². The number of hydrogen-bond acceptors (Lipinski definition) is 5. The van der Waals surface area contributed by atoms with Gasteiger partial charge in [-0.3, -0.25) is 15.0 Å². The van der Waals surface area contributed by atoms with Crippen molar-refractivity contribution in [3.63, 3.8) is 0 Å². The summed E-state index contributed by atoms with van der Waals surface area (Å²) >= 11 is 5.92. The molecule has 8 heteroatoms. The molecule has 1 unspecified atom stereocenters. The van der Waals surface area contributed by atoms with Gasteiger partial charge in [-0.2, -0.15) is 5.10 Å². The van der Waals surface area contributed by atoms with Gasteiger partial charge in [0.25, 0.3) is 0 Å². The third-order valence-electron chi connectivity index (χ3n) is 3.06. The molecule has 0 radical (unpaired) electrons. The highest BCUT2D eigenvalue weighted by atomic mass is 35.5. The van der Waals surface area contributed by atoms with Crippen LogP contribution in [0.15, 0.2) is 6.20 Å². The second-order valence-corrected chi connectivity index (χ2v) is 4.62. The van der Waals surface area contributed by atoms with Crippen molar-refractivity contribution >= 4 is 17.3 Å². The van der Waals surface area contributed by atoms with Gasteiger partial charge in [0, 0.05) is 19.1 Å². The molecule has 0 aliphatic carbocycles. The Morgan fingerprint density at radius 1 is 1.61 bits per heavy atom. The molecule has 1 aliphatic rings. The third kappa shape index (κ3) is 2.80. The molecule has 0 amide bonds. The molecular weight excluding hydrogens is 260 g/mol. The maximum atomic E-state index is 10.7. The summed E-state index contributed by atoms with van der Waals surface area (Å²) in [4.78, 5) is 12.4. The van der Waals surface area contributed by atoms with E-state index in [0.29, 0.717) is 6.54 Å². The zero-order valence-corrected chi connectivity index (χ0v) is 10.8. The normalized spacial score (nSPS) is 18.8. The molecule has 1 aliphatic heterocycles. The van der Waals surface area contributed by atoms with Crippen molar-refractivity contribution < 1.29 is 9.66 Å². The smallest absolute Gasteiger partial charge is 0.325 e. The number of nitro groups is 1. The first-order chi connectivity index (χ1) is 8.59. The predicted octanol–water partition coefficient (Wildman–Crippen LogP) is 1.17. The van der Waals surface area contributed by atoms with Crippen molar-refractivity contribution in [3.8, 4) is 0 Å². The molecule has 0 spiro atoms. The Bertz CT molecular complexity index is 431. The summed E-state index contributed by atoms with van der Waals surface area (Å²) in [5.74, 6) is 0. The first-order valence-electron chi connectivity index (χ1n) is 5.77. The van der Waals surface area contributed by atoms with Crippen molar-refractivity contribution in [3.05, 3.63) is 21.5 Å². The minimum atomic E-state index is -0.523. The highest BCUT2D eigenvalue weighted by molar-refractivity contribution is 6.31. The molecule has 1 atom stereocenters. The second kappa shape index (κ2) is 5.64. The van der Waals surface area contributed by atoms with Crippen molar-refractivity contribution in [2.45, 2.75) is 19.5 Å². The highest BCUT2D eigenvalue weighted by Crippen LogP contribution is 2.23. The molecule has 18 heavy (non-hydrogen) atoms. The number of halogens is 1. The number of rotatable bonds is 4. The molecule has 100 valence electrons. The van der Waals surface area contributed by atoms with Crippen LogP contribution >= 0.6 is 11.6 Å². The fourth-order valence-corrected chi connectivity index (χ4v) is 2.22. The molecule has 2 heterocycles. The maximum Gasteiger partial charge on any atom is 0.325 e. The SMILES string of the molecule is CC(Cn1ncc([N+](=O)[O-])c1Cl)N1CCOCC1. The van der Waals surface area contributed by atoms with Crippen LogP contribution in [-0.2, 0) is 11.3 Å². The third-order valence-corrected chi connectivity index (χ3v) is 3.45. The van der Waals surface area contributed by atoms with Crippen LogP contribution in [0.4, 0.5) is 5.69 Å². The molecule has 2 rings (SSSR count). The molecule has 0 aromatic carbocycles. The lowest BCUT2D eigenvalue weighted by Gasteiger charge is -2.32. The van der Waals surface area contributed by atoms with E-state index in [0.717, 1.165) is 26.3 Å². The number of nitrogens with zero attached hydrogens (tertiary/aromatic N) is 4. The summed E-state index contributed by atoms with van der Waals surface area (Å²) in [5.41, 5.74) is -0.147. The van der Waals surface area contributed by atoms with E-state index in [9.17, 15) is 10.1 Å². The molecule has 1 fully saturated rings. The summed E-state index contributed by atoms with van der Waals surface area (Å²) in [5, 5.41) is 14.7. The Labute approximate surface area is 109 Å². The van der Waals surface area contributed by atoms with E-state index in [1.54, 1.807) is 0 Å². The summed E-state index contributed by atoms with van der Waals surface area (Å²) < 4.78 is 6.75. The van der Waals surface area contributed by atoms with Crippen molar-refractivity contribution in [2.75, 3.05) is 26.3 Å². The van der Waals surface area contributed by atoms with Gasteiger partial charge in [0.1, 0.15) is 6.20 Å². The topological polar surface area (TPSA) is 73.4 Å². The number of ether oxygens (including phenoxy) is 1. The summed E-state index contributed by atoms with van der Waals surface area (Å²) in [7, 11) is 0. The monoisotopic (exact) mass is 274 g/mol. The van der Waals surface area contributed by atoms with Crippen LogP contribution in [0.2, 0.25) is 5.15 Å². The van der Waals surface area contributed by atoms with E-state index >= 15 is 0 Å². The first kappa shape index (κ1) is 13.3. The average molecular weight is 275 g/mol. The van der Waals surface area contributed by atoms with Crippen molar-refractivity contribution in [1.29, 1.82) is 0 Å². The number of hydrogen-bond donors (Lipinski definition) is 0. The largest absolute Gasteiger partial charge is 0.379 e. The minimum Gasteiger partial charge on any atom is -0.379 e. The van der Waals surface area contributed by atoms with Gasteiger partial charge in [0.15, 0.2) is 0 Å². The Morgan fingerprint density at radius 3 is 2.83 bits per heavy atom. The van der Waals surface area contributed by atoms with Crippen LogP contribution in [0, 0.1) is 10.1 Å². The predicted molar refractivity (Wildman–Crippen MR) is 65.7 cm³/mol. The van der Waals surface area contributed by atoms with Gasteiger partial charge in [-0.05, 0) is 6.92 Å². The van der Waals surface area contributed by atoms with Gasteiger partial charge in [-0.1, -0.05) is 11.6 Å². The Balaban J connectivity index is 2.02. The molecule has 1 aromatic rings. The fourth-order valence-electron chi connectivity index (χ4n) is 1.99. The van der Waals surface area contributed by atoms with Crippen LogP contribution in [0.25, 0.3) is 0 Å². The van der Waals surface area contributed by atoms with Gasteiger partial charge in [-0.25, -0.2) is 4.68 Å². The van der Waals surface area contributed by atoms with Gasteiger partial charge in [0.05, 0.1) is 24.7 Å².